The minimum atomic E-state index is -0.0433. The number of nitrogens with one attached hydrogen (secondary N) is 1. The number of anilines is 1. The molecule has 160 valence electrons. The second-order valence-electron chi connectivity index (χ2n) is 6.94. The third-order valence-corrected chi connectivity index (χ3v) is 5.92. The third kappa shape index (κ3) is 5.86. The number of thioether (sulfide) groups is 1. The van der Waals surface area contributed by atoms with E-state index in [2.05, 4.69) is 20.2 Å². The molecule has 1 aromatic heterocycles. The Hall–Kier alpha value is -1.78. The number of urea groups is 1. The number of piperazine rings is 1. The zero-order valence-electron chi connectivity index (χ0n) is 16.8. The zero-order chi connectivity index (χ0) is 20.8. The second-order valence-corrected chi connectivity index (χ2v) is 8.27. The SMILES string of the molecule is CCNC(=O)N1CCN(c2cc(Cl)nc(SCC(=O)N3CCOCC3)n2)CC1C. The van der Waals surface area contributed by atoms with Gasteiger partial charge in [-0.15, -0.1) is 0 Å². The average Bonchev–Trinajstić information content (AvgIpc) is 2.72. The number of amides is 3. The van der Waals surface area contributed by atoms with Gasteiger partial charge in [0, 0.05) is 51.4 Å². The molecule has 3 heterocycles. The van der Waals surface area contributed by atoms with Crippen LogP contribution >= 0.6 is 23.4 Å². The quantitative estimate of drug-likeness (QED) is 0.417. The minimum Gasteiger partial charge on any atom is -0.378 e. The van der Waals surface area contributed by atoms with E-state index in [4.69, 9.17) is 16.3 Å². The van der Waals surface area contributed by atoms with Crippen molar-refractivity contribution in [2.75, 3.05) is 63.1 Å². The molecule has 0 radical (unpaired) electrons. The van der Waals surface area contributed by atoms with E-state index < -0.39 is 0 Å². The van der Waals surface area contributed by atoms with Crippen LogP contribution < -0.4 is 10.2 Å². The maximum atomic E-state index is 12.3. The highest BCUT2D eigenvalue weighted by atomic mass is 35.5. The van der Waals surface area contributed by atoms with Crippen molar-refractivity contribution < 1.29 is 14.3 Å². The number of carbonyl (C=O) groups is 2. The fraction of sp³-hybridized carbons (Fsp3) is 0.667. The average molecular weight is 443 g/mol. The van der Waals surface area contributed by atoms with E-state index in [1.54, 1.807) is 11.0 Å². The molecule has 1 unspecified atom stereocenters. The first-order chi connectivity index (χ1) is 14.0. The molecule has 2 saturated heterocycles. The van der Waals surface area contributed by atoms with Crippen LogP contribution in [0, 0.1) is 0 Å². The predicted molar refractivity (Wildman–Crippen MR) is 113 cm³/mol. The predicted octanol–water partition coefficient (Wildman–Crippen LogP) is 1.32. The van der Waals surface area contributed by atoms with E-state index in [1.807, 2.05) is 18.7 Å². The lowest BCUT2D eigenvalue weighted by Crippen LogP contribution is -2.56. The van der Waals surface area contributed by atoms with Gasteiger partial charge in [-0.1, -0.05) is 23.4 Å². The van der Waals surface area contributed by atoms with Gasteiger partial charge in [0.05, 0.1) is 19.0 Å². The van der Waals surface area contributed by atoms with E-state index >= 15 is 0 Å². The summed E-state index contributed by atoms with van der Waals surface area (Å²) in [4.78, 5) is 39.1. The Bertz CT molecular complexity index is 734. The van der Waals surface area contributed by atoms with Gasteiger partial charge in [0.1, 0.15) is 11.0 Å². The van der Waals surface area contributed by atoms with Gasteiger partial charge < -0.3 is 24.8 Å². The summed E-state index contributed by atoms with van der Waals surface area (Å²) in [6.45, 7) is 8.84. The standard InChI is InChI=1S/C18H27ClN6O3S/c1-3-20-18(27)25-5-4-24(11-13(25)2)15-10-14(19)21-17(22-15)29-12-16(26)23-6-8-28-9-7-23/h10,13H,3-9,11-12H2,1-2H3,(H,20,27). The van der Waals surface area contributed by atoms with E-state index in [1.165, 1.54) is 11.8 Å². The summed E-state index contributed by atoms with van der Waals surface area (Å²) in [5.74, 6) is 1.03. The molecule has 11 heteroatoms. The fourth-order valence-corrected chi connectivity index (χ4v) is 4.35. The summed E-state index contributed by atoms with van der Waals surface area (Å²) in [6.07, 6.45) is 0. The minimum absolute atomic E-state index is 0.0433. The molecule has 2 aliphatic rings. The zero-order valence-corrected chi connectivity index (χ0v) is 18.3. The number of ether oxygens (including phenoxy) is 1. The Morgan fingerprint density at radius 3 is 2.72 bits per heavy atom. The van der Waals surface area contributed by atoms with Crippen molar-refractivity contribution in [1.29, 1.82) is 0 Å². The molecule has 2 fully saturated rings. The number of hydrogen-bond acceptors (Lipinski definition) is 7. The first-order valence-corrected chi connectivity index (χ1v) is 11.2. The molecule has 9 nitrogen and oxygen atoms in total. The van der Waals surface area contributed by atoms with Crippen molar-refractivity contribution in [2.45, 2.75) is 25.0 Å². The molecule has 1 aromatic rings. The topological polar surface area (TPSA) is 90.9 Å². The van der Waals surface area contributed by atoms with Crippen molar-refractivity contribution in [3.8, 4) is 0 Å². The van der Waals surface area contributed by atoms with Gasteiger partial charge in [0.2, 0.25) is 5.91 Å². The highest BCUT2D eigenvalue weighted by Gasteiger charge is 2.28. The molecule has 0 bridgehead atoms. The monoisotopic (exact) mass is 442 g/mol. The molecule has 1 N–H and O–H groups in total. The van der Waals surface area contributed by atoms with Crippen molar-refractivity contribution in [2.24, 2.45) is 0 Å². The Labute approximate surface area is 180 Å². The number of aromatic nitrogens is 2. The Balaban J connectivity index is 1.60. The lowest BCUT2D eigenvalue weighted by atomic mass is 10.2. The summed E-state index contributed by atoms with van der Waals surface area (Å²) in [5, 5.41) is 3.67. The van der Waals surface area contributed by atoms with Gasteiger partial charge in [0.25, 0.3) is 0 Å². The number of rotatable bonds is 5. The third-order valence-electron chi connectivity index (χ3n) is 4.89. The van der Waals surface area contributed by atoms with Gasteiger partial charge >= 0.3 is 6.03 Å². The van der Waals surface area contributed by atoms with Crippen molar-refractivity contribution >= 4 is 41.1 Å². The Morgan fingerprint density at radius 2 is 2.03 bits per heavy atom. The lowest BCUT2D eigenvalue weighted by molar-refractivity contribution is -0.132. The highest BCUT2D eigenvalue weighted by Crippen LogP contribution is 2.24. The number of hydrogen-bond donors (Lipinski definition) is 1. The molecule has 0 aromatic carbocycles. The normalized spacial score (nSPS) is 20.0. The van der Waals surface area contributed by atoms with E-state index in [9.17, 15) is 9.59 Å². The van der Waals surface area contributed by atoms with Crippen LogP contribution in [0.4, 0.5) is 10.6 Å². The number of carbonyl (C=O) groups excluding carboxylic acids is 2. The molecule has 0 aliphatic carbocycles. The van der Waals surface area contributed by atoms with E-state index in [0.29, 0.717) is 68.6 Å². The summed E-state index contributed by atoms with van der Waals surface area (Å²) in [6, 6.07) is 1.73. The molecular formula is C18H27ClN6O3S. The van der Waals surface area contributed by atoms with Crippen LogP contribution in [0.3, 0.4) is 0 Å². The number of halogens is 1. The van der Waals surface area contributed by atoms with Gasteiger partial charge in [-0.3, -0.25) is 4.79 Å². The van der Waals surface area contributed by atoms with Gasteiger partial charge in [-0.05, 0) is 13.8 Å². The second kappa shape index (κ2) is 10.3. The molecule has 0 saturated carbocycles. The first kappa shape index (κ1) is 21.9. The van der Waals surface area contributed by atoms with Gasteiger partial charge in [-0.2, -0.15) is 0 Å². The first-order valence-electron chi connectivity index (χ1n) is 9.80. The van der Waals surface area contributed by atoms with Crippen molar-refractivity contribution in [3.05, 3.63) is 11.2 Å². The van der Waals surface area contributed by atoms with E-state index in [0.717, 1.165) is 0 Å². The smallest absolute Gasteiger partial charge is 0.317 e. The van der Waals surface area contributed by atoms with Crippen LogP contribution in [-0.4, -0.2) is 96.0 Å². The summed E-state index contributed by atoms with van der Waals surface area (Å²) < 4.78 is 5.28. The van der Waals surface area contributed by atoms with Crippen LogP contribution in [-0.2, 0) is 9.53 Å². The Morgan fingerprint density at radius 1 is 1.28 bits per heavy atom. The van der Waals surface area contributed by atoms with Crippen molar-refractivity contribution in [1.82, 2.24) is 25.1 Å². The van der Waals surface area contributed by atoms with Crippen LogP contribution in [0.25, 0.3) is 0 Å². The van der Waals surface area contributed by atoms with Gasteiger partial charge in [-0.25, -0.2) is 14.8 Å². The molecule has 29 heavy (non-hydrogen) atoms. The van der Waals surface area contributed by atoms with Gasteiger partial charge in [0.15, 0.2) is 5.16 Å². The number of morpholine rings is 1. The van der Waals surface area contributed by atoms with Crippen molar-refractivity contribution in [3.63, 3.8) is 0 Å². The molecule has 3 rings (SSSR count). The molecule has 1 atom stereocenters. The van der Waals surface area contributed by atoms with Crippen LogP contribution in [0.1, 0.15) is 13.8 Å². The summed E-state index contributed by atoms with van der Waals surface area (Å²) in [5.41, 5.74) is 0. The fourth-order valence-electron chi connectivity index (χ4n) is 3.36. The van der Waals surface area contributed by atoms with Crippen LogP contribution in [0.5, 0.6) is 0 Å². The largest absolute Gasteiger partial charge is 0.378 e. The highest BCUT2D eigenvalue weighted by molar-refractivity contribution is 7.99. The molecule has 2 aliphatic heterocycles. The van der Waals surface area contributed by atoms with Crippen LogP contribution in [0.2, 0.25) is 5.15 Å². The summed E-state index contributed by atoms with van der Waals surface area (Å²) >= 11 is 7.50. The maximum absolute atomic E-state index is 12.3. The molecule has 0 spiro atoms. The van der Waals surface area contributed by atoms with E-state index in [-0.39, 0.29) is 23.7 Å². The molecular weight excluding hydrogens is 416 g/mol. The number of nitrogens with zero attached hydrogens (tertiary/aromatic N) is 5. The lowest BCUT2D eigenvalue weighted by Gasteiger charge is -2.40. The Kier molecular flexibility index (Phi) is 7.79. The maximum Gasteiger partial charge on any atom is 0.317 e. The van der Waals surface area contributed by atoms with Crippen LogP contribution in [0.15, 0.2) is 11.2 Å². The molecule has 3 amide bonds. The summed E-state index contributed by atoms with van der Waals surface area (Å²) in [7, 11) is 0.